The van der Waals surface area contributed by atoms with Gasteiger partial charge in [0.1, 0.15) is 0 Å². The highest BCUT2D eigenvalue weighted by atomic mass is 16.5. The van der Waals surface area contributed by atoms with Crippen LogP contribution in [0.4, 0.5) is 0 Å². The number of ether oxygens (including phenoxy) is 2. The van der Waals surface area contributed by atoms with E-state index in [1.54, 1.807) is 0 Å². The Labute approximate surface area is 108 Å². The molecule has 0 amide bonds. The fourth-order valence-electron chi connectivity index (χ4n) is 2.82. The summed E-state index contributed by atoms with van der Waals surface area (Å²) in [7, 11) is 0. The lowest BCUT2D eigenvalue weighted by atomic mass is 9.81. The fourth-order valence-corrected chi connectivity index (χ4v) is 2.82. The SMILES string of the molecule is CC1COc2cc3c(cc2OC1)C(N)CCC3C. The van der Waals surface area contributed by atoms with Crippen LogP contribution >= 0.6 is 0 Å². The van der Waals surface area contributed by atoms with E-state index in [9.17, 15) is 0 Å². The highest BCUT2D eigenvalue weighted by Gasteiger charge is 2.26. The molecule has 0 saturated heterocycles. The Kier molecular flexibility index (Phi) is 2.94. The van der Waals surface area contributed by atoms with Gasteiger partial charge in [-0.05, 0) is 42.0 Å². The lowest BCUT2D eigenvalue weighted by Crippen LogP contribution is -2.19. The van der Waals surface area contributed by atoms with E-state index in [-0.39, 0.29) is 6.04 Å². The summed E-state index contributed by atoms with van der Waals surface area (Å²) in [6.45, 7) is 5.85. The molecule has 1 aliphatic heterocycles. The van der Waals surface area contributed by atoms with Crippen LogP contribution in [0, 0.1) is 5.92 Å². The molecule has 2 aliphatic rings. The molecule has 0 spiro atoms. The van der Waals surface area contributed by atoms with Crippen molar-refractivity contribution in [2.24, 2.45) is 11.7 Å². The molecule has 3 heteroatoms. The summed E-state index contributed by atoms with van der Waals surface area (Å²) in [6, 6.07) is 4.39. The lowest BCUT2D eigenvalue weighted by molar-refractivity contribution is 0.228. The first-order valence-electron chi connectivity index (χ1n) is 6.84. The summed E-state index contributed by atoms with van der Waals surface area (Å²) in [5, 5.41) is 0. The molecular weight excluding hydrogens is 226 g/mol. The van der Waals surface area contributed by atoms with Gasteiger partial charge in [-0.15, -0.1) is 0 Å². The molecule has 0 aromatic heterocycles. The van der Waals surface area contributed by atoms with Crippen molar-refractivity contribution >= 4 is 0 Å². The van der Waals surface area contributed by atoms with Crippen LogP contribution in [0.3, 0.4) is 0 Å². The average Bonchev–Trinajstić information content (AvgIpc) is 2.55. The van der Waals surface area contributed by atoms with Gasteiger partial charge in [0.2, 0.25) is 0 Å². The molecule has 1 aromatic rings. The average molecular weight is 247 g/mol. The Morgan fingerprint density at radius 2 is 1.61 bits per heavy atom. The van der Waals surface area contributed by atoms with Crippen LogP contribution in [0.1, 0.15) is 49.8 Å². The van der Waals surface area contributed by atoms with Crippen LogP contribution in [0.2, 0.25) is 0 Å². The van der Waals surface area contributed by atoms with E-state index in [2.05, 4.69) is 26.0 Å². The largest absolute Gasteiger partial charge is 0.489 e. The molecule has 3 nitrogen and oxygen atoms in total. The minimum absolute atomic E-state index is 0.144. The van der Waals surface area contributed by atoms with Crippen molar-refractivity contribution in [1.29, 1.82) is 0 Å². The monoisotopic (exact) mass is 247 g/mol. The molecule has 1 aromatic carbocycles. The number of hydrogen-bond acceptors (Lipinski definition) is 3. The van der Waals surface area contributed by atoms with Crippen LogP contribution in [-0.2, 0) is 0 Å². The van der Waals surface area contributed by atoms with Crippen molar-refractivity contribution < 1.29 is 9.47 Å². The first kappa shape index (κ1) is 11.8. The second-order valence-electron chi connectivity index (χ2n) is 5.74. The molecule has 0 radical (unpaired) electrons. The van der Waals surface area contributed by atoms with E-state index in [4.69, 9.17) is 15.2 Å². The first-order chi connectivity index (χ1) is 8.65. The number of fused-ring (bicyclic) bond motifs is 2. The van der Waals surface area contributed by atoms with E-state index in [0.717, 1.165) is 37.6 Å². The van der Waals surface area contributed by atoms with E-state index in [1.807, 2.05) is 0 Å². The molecule has 3 unspecified atom stereocenters. The van der Waals surface area contributed by atoms with Crippen molar-refractivity contribution in [3.05, 3.63) is 23.3 Å². The summed E-state index contributed by atoms with van der Waals surface area (Å²) < 4.78 is 11.7. The zero-order valence-corrected chi connectivity index (χ0v) is 11.1. The van der Waals surface area contributed by atoms with Gasteiger partial charge in [-0.25, -0.2) is 0 Å². The van der Waals surface area contributed by atoms with Gasteiger partial charge < -0.3 is 15.2 Å². The number of hydrogen-bond donors (Lipinski definition) is 1. The third kappa shape index (κ3) is 1.97. The molecule has 18 heavy (non-hydrogen) atoms. The van der Waals surface area contributed by atoms with Crippen molar-refractivity contribution in [2.75, 3.05) is 13.2 Å². The van der Waals surface area contributed by atoms with E-state index >= 15 is 0 Å². The van der Waals surface area contributed by atoms with Gasteiger partial charge in [0.15, 0.2) is 11.5 Å². The molecule has 2 N–H and O–H groups in total. The zero-order valence-electron chi connectivity index (χ0n) is 11.1. The molecule has 1 aliphatic carbocycles. The Hall–Kier alpha value is -1.22. The Morgan fingerprint density at radius 3 is 2.28 bits per heavy atom. The Balaban J connectivity index is 2.04. The third-order valence-electron chi connectivity index (χ3n) is 4.04. The minimum Gasteiger partial charge on any atom is -0.489 e. The first-order valence-corrected chi connectivity index (χ1v) is 6.84. The molecule has 1 heterocycles. The molecular formula is C15H21NO2. The Morgan fingerprint density at radius 1 is 1.00 bits per heavy atom. The van der Waals surface area contributed by atoms with Crippen LogP contribution < -0.4 is 15.2 Å². The number of rotatable bonds is 0. The summed E-state index contributed by atoms with van der Waals surface area (Å²) in [6.07, 6.45) is 2.22. The molecule has 3 rings (SSSR count). The minimum atomic E-state index is 0.144. The van der Waals surface area contributed by atoms with Crippen LogP contribution in [0.5, 0.6) is 11.5 Å². The van der Waals surface area contributed by atoms with Gasteiger partial charge in [-0.1, -0.05) is 13.8 Å². The zero-order chi connectivity index (χ0) is 12.7. The van der Waals surface area contributed by atoms with Crippen LogP contribution in [0.25, 0.3) is 0 Å². The normalized spacial score (nSPS) is 30.5. The van der Waals surface area contributed by atoms with Crippen molar-refractivity contribution in [3.63, 3.8) is 0 Å². The maximum absolute atomic E-state index is 6.21. The van der Waals surface area contributed by atoms with Gasteiger partial charge in [0.25, 0.3) is 0 Å². The summed E-state index contributed by atoms with van der Waals surface area (Å²) >= 11 is 0. The van der Waals surface area contributed by atoms with Crippen LogP contribution in [-0.4, -0.2) is 13.2 Å². The second-order valence-corrected chi connectivity index (χ2v) is 5.74. The fraction of sp³-hybridized carbons (Fsp3) is 0.600. The standard InChI is InChI=1S/C15H21NO2/c1-9-7-17-14-5-11-10(2)3-4-13(16)12(11)6-15(14)18-8-9/h5-6,9-10,13H,3-4,7-8,16H2,1-2H3. The van der Waals surface area contributed by atoms with Crippen molar-refractivity contribution in [2.45, 2.75) is 38.6 Å². The topological polar surface area (TPSA) is 44.5 Å². The molecule has 0 bridgehead atoms. The Bertz CT molecular complexity index is 417. The van der Waals surface area contributed by atoms with Gasteiger partial charge >= 0.3 is 0 Å². The predicted octanol–water partition coefficient (Wildman–Crippen LogP) is 2.99. The molecule has 0 fully saturated rings. The van der Waals surface area contributed by atoms with E-state index < -0.39 is 0 Å². The number of benzene rings is 1. The van der Waals surface area contributed by atoms with Crippen LogP contribution in [0.15, 0.2) is 12.1 Å². The molecule has 0 saturated carbocycles. The second kappa shape index (κ2) is 4.47. The maximum atomic E-state index is 6.21. The quantitative estimate of drug-likeness (QED) is 0.766. The van der Waals surface area contributed by atoms with Crippen molar-refractivity contribution in [3.8, 4) is 11.5 Å². The van der Waals surface area contributed by atoms with Gasteiger partial charge in [-0.3, -0.25) is 0 Å². The van der Waals surface area contributed by atoms with Gasteiger partial charge in [0.05, 0.1) is 13.2 Å². The van der Waals surface area contributed by atoms with E-state index in [1.165, 1.54) is 11.1 Å². The summed E-state index contributed by atoms with van der Waals surface area (Å²) in [4.78, 5) is 0. The van der Waals surface area contributed by atoms with Gasteiger partial charge in [-0.2, -0.15) is 0 Å². The number of nitrogens with two attached hydrogens (primary N) is 1. The van der Waals surface area contributed by atoms with Gasteiger partial charge in [0, 0.05) is 12.0 Å². The highest BCUT2D eigenvalue weighted by Crippen LogP contribution is 2.43. The molecule has 98 valence electrons. The molecule has 3 atom stereocenters. The predicted molar refractivity (Wildman–Crippen MR) is 71.2 cm³/mol. The van der Waals surface area contributed by atoms with Crippen molar-refractivity contribution in [1.82, 2.24) is 0 Å². The third-order valence-corrected chi connectivity index (χ3v) is 4.04. The summed E-state index contributed by atoms with van der Waals surface area (Å²) in [5.41, 5.74) is 8.79. The smallest absolute Gasteiger partial charge is 0.161 e. The lowest BCUT2D eigenvalue weighted by Gasteiger charge is -2.28. The van der Waals surface area contributed by atoms with E-state index in [0.29, 0.717) is 11.8 Å². The maximum Gasteiger partial charge on any atom is 0.161 e. The summed E-state index contributed by atoms with van der Waals surface area (Å²) in [5.74, 6) is 2.75. The highest BCUT2D eigenvalue weighted by molar-refractivity contribution is 5.50.